The van der Waals surface area contributed by atoms with Gasteiger partial charge in [0, 0.05) is 25.6 Å². The summed E-state index contributed by atoms with van der Waals surface area (Å²) < 4.78 is 7.05. The molecule has 0 aliphatic carbocycles. The fourth-order valence-electron chi connectivity index (χ4n) is 2.16. The third-order valence-electron chi connectivity index (χ3n) is 2.74. The second-order valence-electron chi connectivity index (χ2n) is 4.62. The summed E-state index contributed by atoms with van der Waals surface area (Å²) in [5.41, 5.74) is 0. The number of fused-ring (bicyclic) bond motifs is 1. The highest BCUT2D eigenvalue weighted by Gasteiger charge is 2.21. The summed E-state index contributed by atoms with van der Waals surface area (Å²) in [5.74, 6) is 1.89. The summed E-state index contributed by atoms with van der Waals surface area (Å²) >= 11 is 0. The van der Waals surface area contributed by atoms with Crippen LogP contribution in [-0.2, 0) is 24.3 Å². The SMILES string of the molecule is COCc1nc2n(n1)CC(NC(C)C)CC2. The maximum atomic E-state index is 5.04. The molecule has 0 aromatic carbocycles. The fourth-order valence-corrected chi connectivity index (χ4v) is 2.16. The Hall–Kier alpha value is -0.940. The molecule has 90 valence electrons. The van der Waals surface area contributed by atoms with E-state index in [1.165, 1.54) is 0 Å². The van der Waals surface area contributed by atoms with E-state index in [0.717, 1.165) is 31.0 Å². The number of hydrogen-bond donors (Lipinski definition) is 1. The van der Waals surface area contributed by atoms with Gasteiger partial charge in [0.2, 0.25) is 0 Å². The minimum Gasteiger partial charge on any atom is -0.377 e. The Morgan fingerprint density at radius 3 is 3.06 bits per heavy atom. The highest BCUT2D eigenvalue weighted by molar-refractivity contribution is 4.97. The van der Waals surface area contributed by atoms with Crippen molar-refractivity contribution >= 4 is 0 Å². The number of nitrogens with zero attached hydrogens (tertiary/aromatic N) is 3. The molecule has 0 fully saturated rings. The number of methoxy groups -OCH3 is 1. The molecule has 1 aromatic rings. The van der Waals surface area contributed by atoms with E-state index >= 15 is 0 Å². The van der Waals surface area contributed by atoms with Crippen LogP contribution in [0.2, 0.25) is 0 Å². The molecule has 1 aliphatic heterocycles. The van der Waals surface area contributed by atoms with Crippen molar-refractivity contribution in [3.8, 4) is 0 Å². The van der Waals surface area contributed by atoms with Crippen LogP contribution in [0.15, 0.2) is 0 Å². The molecule has 16 heavy (non-hydrogen) atoms. The van der Waals surface area contributed by atoms with Crippen molar-refractivity contribution in [2.75, 3.05) is 7.11 Å². The molecule has 1 aliphatic rings. The topological polar surface area (TPSA) is 52.0 Å². The first kappa shape index (κ1) is 11.5. The van der Waals surface area contributed by atoms with Crippen molar-refractivity contribution in [3.05, 3.63) is 11.6 Å². The van der Waals surface area contributed by atoms with Gasteiger partial charge in [-0.3, -0.25) is 0 Å². The maximum Gasteiger partial charge on any atom is 0.176 e. The van der Waals surface area contributed by atoms with Crippen molar-refractivity contribution in [1.82, 2.24) is 20.1 Å². The van der Waals surface area contributed by atoms with Crippen LogP contribution in [0.5, 0.6) is 0 Å². The Morgan fingerprint density at radius 2 is 2.38 bits per heavy atom. The van der Waals surface area contributed by atoms with E-state index in [-0.39, 0.29) is 0 Å². The molecule has 5 heteroatoms. The lowest BCUT2D eigenvalue weighted by Gasteiger charge is -2.25. The van der Waals surface area contributed by atoms with E-state index in [1.54, 1.807) is 7.11 Å². The van der Waals surface area contributed by atoms with Gasteiger partial charge in [-0.25, -0.2) is 9.67 Å². The van der Waals surface area contributed by atoms with Gasteiger partial charge in [-0.2, -0.15) is 5.10 Å². The quantitative estimate of drug-likeness (QED) is 0.819. The smallest absolute Gasteiger partial charge is 0.176 e. The second-order valence-corrected chi connectivity index (χ2v) is 4.62. The molecule has 0 radical (unpaired) electrons. The molecule has 0 saturated heterocycles. The highest BCUT2D eigenvalue weighted by Crippen LogP contribution is 2.13. The summed E-state index contributed by atoms with van der Waals surface area (Å²) in [6.45, 7) is 5.77. The van der Waals surface area contributed by atoms with Crippen molar-refractivity contribution in [3.63, 3.8) is 0 Å². The van der Waals surface area contributed by atoms with E-state index in [1.807, 2.05) is 4.68 Å². The van der Waals surface area contributed by atoms with Gasteiger partial charge in [-0.15, -0.1) is 0 Å². The molecular formula is C11H20N4O. The highest BCUT2D eigenvalue weighted by atomic mass is 16.5. The fraction of sp³-hybridized carbons (Fsp3) is 0.818. The Balaban J connectivity index is 2.02. The molecule has 1 aromatic heterocycles. The first-order valence-corrected chi connectivity index (χ1v) is 5.86. The van der Waals surface area contributed by atoms with Gasteiger partial charge in [0.15, 0.2) is 5.82 Å². The maximum absolute atomic E-state index is 5.04. The predicted octanol–water partition coefficient (Wildman–Crippen LogP) is 0.737. The van der Waals surface area contributed by atoms with Crippen molar-refractivity contribution in [2.24, 2.45) is 0 Å². The minimum absolute atomic E-state index is 0.502. The van der Waals surface area contributed by atoms with Crippen LogP contribution in [0.4, 0.5) is 0 Å². The standard InChI is InChI=1S/C11H20N4O/c1-8(2)12-9-4-5-11-13-10(7-16-3)14-15(11)6-9/h8-9,12H,4-7H2,1-3H3. The predicted molar refractivity (Wildman–Crippen MR) is 61.1 cm³/mol. The van der Waals surface area contributed by atoms with Crippen LogP contribution in [0.25, 0.3) is 0 Å². The lowest BCUT2D eigenvalue weighted by Crippen LogP contribution is -2.41. The zero-order valence-corrected chi connectivity index (χ0v) is 10.2. The lowest BCUT2D eigenvalue weighted by atomic mass is 10.1. The molecule has 1 N–H and O–H groups in total. The zero-order chi connectivity index (χ0) is 11.5. The monoisotopic (exact) mass is 224 g/mol. The summed E-state index contributed by atoms with van der Waals surface area (Å²) in [7, 11) is 1.67. The number of rotatable bonds is 4. The molecule has 2 rings (SSSR count). The van der Waals surface area contributed by atoms with Crippen LogP contribution >= 0.6 is 0 Å². The number of aryl methyl sites for hydroxylation is 1. The number of nitrogens with one attached hydrogen (secondary N) is 1. The van der Waals surface area contributed by atoms with Crippen LogP contribution in [0.3, 0.4) is 0 Å². The molecule has 1 atom stereocenters. The first-order valence-electron chi connectivity index (χ1n) is 5.86. The van der Waals surface area contributed by atoms with Gasteiger partial charge in [-0.1, -0.05) is 13.8 Å². The average molecular weight is 224 g/mol. The van der Waals surface area contributed by atoms with Gasteiger partial charge in [0.1, 0.15) is 12.4 Å². The third kappa shape index (κ3) is 2.59. The van der Waals surface area contributed by atoms with E-state index in [2.05, 4.69) is 29.2 Å². The molecule has 5 nitrogen and oxygen atoms in total. The molecular weight excluding hydrogens is 204 g/mol. The van der Waals surface area contributed by atoms with Crippen LogP contribution < -0.4 is 5.32 Å². The third-order valence-corrected chi connectivity index (χ3v) is 2.74. The number of aromatic nitrogens is 3. The molecule has 0 bridgehead atoms. The Kier molecular flexibility index (Phi) is 3.56. The van der Waals surface area contributed by atoms with Crippen LogP contribution in [0.1, 0.15) is 31.9 Å². The minimum atomic E-state index is 0.502. The second kappa shape index (κ2) is 4.93. The van der Waals surface area contributed by atoms with Gasteiger partial charge in [0.05, 0.1) is 6.54 Å². The molecule has 2 heterocycles. The van der Waals surface area contributed by atoms with Gasteiger partial charge in [-0.05, 0) is 6.42 Å². The molecule has 0 amide bonds. The summed E-state index contributed by atoms with van der Waals surface area (Å²) in [6, 6.07) is 1.04. The first-order chi connectivity index (χ1) is 7.69. The number of hydrogen-bond acceptors (Lipinski definition) is 4. The van der Waals surface area contributed by atoms with Gasteiger partial charge >= 0.3 is 0 Å². The molecule has 0 saturated carbocycles. The lowest BCUT2D eigenvalue weighted by molar-refractivity contribution is 0.177. The number of ether oxygens (including phenoxy) is 1. The largest absolute Gasteiger partial charge is 0.377 e. The Bertz CT molecular complexity index is 348. The zero-order valence-electron chi connectivity index (χ0n) is 10.2. The van der Waals surface area contributed by atoms with Gasteiger partial charge < -0.3 is 10.1 Å². The van der Waals surface area contributed by atoms with Crippen molar-refractivity contribution in [2.45, 2.75) is 51.9 Å². The summed E-state index contributed by atoms with van der Waals surface area (Å²) in [6.07, 6.45) is 2.14. The Labute approximate surface area is 96.2 Å². The van der Waals surface area contributed by atoms with E-state index in [4.69, 9.17) is 4.74 Å². The Morgan fingerprint density at radius 1 is 1.56 bits per heavy atom. The van der Waals surface area contributed by atoms with E-state index in [0.29, 0.717) is 18.7 Å². The average Bonchev–Trinajstić information content (AvgIpc) is 2.59. The summed E-state index contributed by atoms with van der Waals surface area (Å²) in [5, 5.41) is 7.98. The van der Waals surface area contributed by atoms with Crippen molar-refractivity contribution < 1.29 is 4.74 Å². The summed E-state index contributed by atoms with van der Waals surface area (Å²) in [4.78, 5) is 4.45. The van der Waals surface area contributed by atoms with Crippen LogP contribution in [0, 0.1) is 0 Å². The molecule has 1 unspecified atom stereocenters. The van der Waals surface area contributed by atoms with Gasteiger partial charge in [0.25, 0.3) is 0 Å². The normalized spacial score (nSPS) is 20.1. The van der Waals surface area contributed by atoms with E-state index in [9.17, 15) is 0 Å². The van der Waals surface area contributed by atoms with Crippen molar-refractivity contribution in [1.29, 1.82) is 0 Å². The van der Waals surface area contributed by atoms with E-state index < -0.39 is 0 Å². The molecule has 0 spiro atoms. The van der Waals surface area contributed by atoms with Crippen LogP contribution in [-0.4, -0.2) is 34.0 Å².